The van der Waals surface area contributed by atoms with Crippen LogP contribution in [0.3, 0.4) is 0 Å². The number of hydrogen-bond acceptors (Lipinski definition) is 4. The van der Waals surface area contributed by atoms with Crippen molar-refractivity contribution < 1.29 is 4.79 Å². The number of amides is 1. The van der Waals surface area contributed by atoms with Gasteiger partial charge in [-0.3, -0.25) is 4.79 Å². The fourth-order valence-electron chi connectivity index (χ4n) is 1.86. The van der Waals surface area contributed by atoms with Gasteiger partial charge in [0.15, 0.2) is 0 Å². The molecule has 1 aromatic heterocycles. The molecule has 1 atom stereocenters. The molecule has 2 heterocycles. The van der Waals surface area contributed by atoms with Gasteiger partial charge in [0.2, 0.25) is 5.91 Å². The lowest BCUT2D eigenvalue weighted by molar-refractivity contribution is -0.116. The molecule has 0 bridgehead atoms. The Labute approximate surface area is 91.6 Å². The number of benzene rings is 1. The largest absolute Gasteiger partial charge is 0.325 e. The van der Waals surface area contributed by atoms with Crippen molar-refractivity contribution in [2.75, 3.05) is 5.32 Å². The van der Waals surface area contributed by atoms with Crippen molar-refractivity contribution in [3.05, 3.63) is 48.3 Å². The van der Waals surface area contributed by atoms with Crippen LogP contribution in [-0.4, -0.2) is 20.9 Å². The van der Waals surface area contributed by atoms with E-state index in [2.05, 4.69) is 20.3 Å². The number of carbonyl (C=O) groups excluding carboxylic acids is 1. The van der Waals surface area contributed by atoms with E-state index >= 15 is 0 Å². The van der Waals surface area contributed by atoms with E-state index in [-0.39, 0.29) is 5.91 Å². The van der Waals surface area contributed by atoms with E-state index in [0.29, 0.717) is 5.82 Å². The van der Waals surface area contributed by atoms with Crippen molar-refractivity contribution in [2.45, 2.75) is 5.92 Å². The maximum absolute atomic E-state index is 11.8. The van der Waals surface area contributed by atoms with Gasteiger partial charge in [-0.25, -0.2) is 15.0 Å². The SMILES string of the molecule is O=C1Nc2ccccc2C1c1ncncn1. The van der Waals surface area contributed by atoms with Crippen LogP contribution in [0.5, 0.6) is 0 Å². The zero-order valence-electron chi connectivity index (χ0n) is 8.29. The molecular formula is C11H8N4O. The normalized spacial score (nSPS) is 18.0. The van der Waals surface area contributed by atoms with E-state index in [1.807, 2.05) is 24.3 Å². The molecule has 5 heteroatoms. The minimum atomic E-state index is -0.417. The first kappa shape index (κ1) is 8.96. The van der Waals surface area contributed by atoms with Crippen LogP contribution in [0.1, 0.15) is 17.3 Å². The van der Waals surface area contributed by atoms with E-state index in [4.69, 9.17) is 0 Å². The van der Waals surface area contributed by atoms with Gasteiger partial charge >= 0.3 is 0 Å². The Morgan fingerprint density at radius 1 is 1.12 bits per heavy atom. The molecule has 3 rings (SSSR count). The molecule has 0 radical (unpaired) electrons. The molecule has 1 unspecified atom stereocenters. The Kier molecular flexibility index (Phi) is 1.89. The molecule has 1 aromatic carbocycles. The van der Waals surface area contributed by atoms with Crippen molar-refractivity contribution in [1.29, 1.82) is 0 Å². The molecule has 2 aromatic rings. The minimum absolute atomic E-state index is 0.0904. The first-order valence-corrected chi connectivity index (χ1v) is 4.88. The first-order valence-electron chi connectivity index (χ1n) is 4.88. The van der Waals surface area contributed by atoms with E-state index < -0.39 is 5.92 Å². The van der Waals surface area contributed by atoms with Crippen LogP contribution >= 0.6 is 0 Å². The number of nitrogens with one attached hydrogen (secondary N) is 1. The highest BCUT2D eigenvalue weighted by Crippen LogP contribution is 2.34. The number of nitrogens with zero attached hydrogens (tertiary/aromatic N) is 3. The maximum Gasteiger partial charge on any atom is 0.239 e. The number of fused-ring (bicyclic) bond motifs is 1. The van der Waals surface area contributed by atoms with Crippen molar-refractivity contribution >= 4 is 11.6 Å². The number of anilines is 1. The second-order valence-electron chi connectivity index (χ2n) is 3.51. The Hall–Kier alpha value is -2.30. The first-order chi connectivity index (χ1) is 7.86. The number of aromatic nitrogens is 3. The molecule has 0 spiro atoms. The third kappa shape index (κ3) is 1.25. The average Bonchev–Trinajstić information content (AvgIpc) is 2.66. The highest BCUT2D eigenvalue weighted by Gasteiger charge is 2.33. The molecule has 5 nitrogen and oxygen atoms in total. The Bertz CT molecular complexity index is 541. The summed E-state index contributed by atoms with van der Waals surface area (Å²) in [6.45, 7) is 0. The monoisotopic (exact) mass is 212 g/mol. The van der Waals surface area contributed by atoms with E-state index in [9.17, 15) is 4.79 Å². The molecule has 0 fully saturated rings. The quantitative estimate of drug-likeness (QED) is 0.764. The van der Waals surface area contributed by atoms with Gasteiger partial charge in [0.05, 0.1) is 0 Å². The van der Waals surface area contributed by atoms with Gasteiger partial charge in [-0.15, -0.1) is 0 Å². The summed E-state index contributed by atoms with van der Waals surface area (Å²) in [7, 11) is 0. The molecule has 1 aliphatic heterocycles. The lowest BCUT2D eigenvalue weighted by atomic mass is 10.0. The van der Waals surface area contributed by atoms with Crippen LogP contribution in [0.4, 0.5) is 5.69 Å². The molecule has 1 aliphatic rings. The van der Waals surface area contributed by atoms with E-state index in [1.54, 1.807) is 0 Å². The maximum atomic E-state index is 11.8. The fourth-order valence-corrected chi connectivity index (χ4v) is 1.86. The van der Waals surface area contributed by atoms with E-state index in [0.717, 1.165) is 11.3 Å². The van der Waals surface area contributed by atoms with Crippen molar-refractivity contribution in [3.8, 4) is 0 Å². The van der Waals surface area contributed by atoms with Crippen molar-refractivity contribution in [2.24, 2.45) is 0 Å². The van der Waals surface area contributed by atoms with Crippen LogP contribution in [-0.2, 0) is 4.79 Å². The van der Waals surface area contributed by atoms with Gasteiger partial charge in [-0.05, 0) is 11.6 Å². The van der Waals surface area contributed by atoms with Gasteiger partial charge in [0.25, 0.3) is 0 Å². The molecule has 1 N–H and O–H groups in total. The molecular weight excluding hydrogens is 204 g/mol. The number of hydrogen-bond donors (Lipinski definition) is 1. The van der Waals surface area contributed by atoms with E-state index in [1.165, 1.54) is 12.7 Å². The molecule has 78 valence electrons. The van der Waals surface area contributed by atoms with Crippen LogP contribution < -0.4 is 5.32 Å². The molecule has 1 amide bonds. The minimum Gasteiger partial charge on any atom is -0.325 e. The number of rotatable bonds is 1. The highest BCUT2D eigenvalue weighted by atomic mass is 16.2. The van der Waals surface area contributed by atoms with Crippen LogP contribution in [0.15, 0.2) is 36.9 Å². The predicted octanol–water partition coefficient (Wildman–Crippen LogP) is 0.956. The Morgan fingerprint density at radius 3 is 2.69 bits per heavy atom. The Balaban J connectivity index is 2.13. The third-order valence-electron chi connectivity index (χ3n) is 2.56. The summed E-state index contributed by atoms with van der Waals surface area (Å²) < 4.78 is 0. The van der Waals surface area contributed by atoms with Crippen molar-refractivity contribution in [1.82, 2.24) is 15.0 Å². The lowest BCUT2D eigenvalue weighted by Crippen LogP contribution is -2.15. The van der Waals surface area contributed by atoms with Crippen LogP contribution in [0.25, 0.3) is 0 Å². The van der Waals surface area contributed by atoms with Crippen molar-refractivity contribution in [3.63, 3.8) is 0 Å². The number of carbonyl (C=O) groups is 1. The summed E-state index contributed by atoms with van der Waals surface area (Å²) >= 11 is 0. The summed E-state index contributed by atoms with van der Waals surface area (Å²) in [6.07, 6.45) is 2.80. The summed E-state index contributed by atoms with van der Waals surface area (Å²) in [5.74, 6) is -0.0240. The zero-order chi connectivity index (χ0) is 11.0. The average molecular weight is 212 g/mol. The molecule has 16 heavy (non-hydrogen) atoms. The van der Waals surface area contributed by atoms with Gasteiger partial charge in [-0.2, -0.15) is 0 Å². The molecule has 0 saturated carbocycles. The summed E-state index contributed by atoms with van der Waals surface area (Å²) in [6, 6.07) is 7.55. The summed E-state index contributed by atoms with van der Waals surface area (Å²) in [4.78, 5) is 23.6. The van der Waals surface area contributed by atoms with Gasteiger partial charge < -0.3 is 5.32 Å². The smallest absolute Gasteiger partial charge is 0.239 e. The van der Waals surface area contributed by atoms with Gasteiger partial charge in [0.1, 0.15) is 24.4 Å². The van der Waals surface area contributed by atoms with Gasteiger partial charge in [0, 0.05) is 5.69 Å². The zero-order valence-corrected chi connectivity index (χ0v) is 8.29. The molecule has 0 saturated heterocycles. The summed E-state index contributed by atoms with van der Waals surface area (Å²) in [5.41, 5.74) is 1.75. The topological polar surface area (TPSA) is 67.8 Å². The van der Waals surface area contributed by atoms with Gasteiger partial charge in [-0.1, -0.05) is 18.2 Å². The standard InChI is InChI=1S/C11H8N4O/c16-11-9(10-13-5-12-6-14-10)7-3-1-2-4-8(7)15-11/h1-6,9H,(H,15,16). The Morgan fingerprint density at radius 2 is 1.88 bits per heavy atom. The highest BCUT2D eigenvalue weighted by molar-refractivity contribution is 6.04. The third-order valence-corrected chi connectivity index (χ3v) is 2.56. The fraction of sp³-hybridized carbons (Fsp3) is 0.0909. The second-order valence-corrected chi connectivity index (χ2v) is 3.51. The van der Waals surface area contributed by atoms with Crippen LogP contribution in [0, 0.1) is 0 Å². The molecule has 0 aliphatic carbocycles. The van der Waals surface area contributed by atoms with Crippen LogP contribution in [0.2, 0.25) is 0 Å². The number of para-hydroxylation sites is 1. The predicted molar refractivity (Wildman–Crippen MR) is 56.7 cm³/mol. The summed E-state index contributed by atoms with van der Waals surface area (Å²) in [5, 5.41) is 2.81. The lowest BCUT2D eigenvalue weighted by Gasteiger charge is -2.05. The second kappa shape index (κ2) is 3.37.